The van der Waals surface area contributed by atoms with Crippen LogP contribution in [0.3, 0.4) is 0 Å². The van der Waals surface area contributed by atoms with Gasteiger partial charge in [0.2, 0.25) is 6.08 Å². The average molecular weight is 231 g/mol. The third kappa shape index (κ3) is 2.19. The summed E-state index contributed by atoms with van der Waals surface area (Å²) >= 11 is 0. The molecular weight excluding hydrogens is 218 g/mol. The van der Waals surface area contributed by atoms with Crippen LogP contribution in [-0.4, -0.2) is 37.1 Å². The van der Waals surface area contributed by atoms with Crippen molar-refractivity contribution in [3.05, 3.63) is 29.8 Å². The molecule has 1 aliphatic heterocycles. The molecule has 0 spiro atoms. The second-order valence-electron chi connectivity index (χ2n) is 3.89. The quantitative estimate of drug-likeness (QED) is 0.583. The van der Waals surface area contributed by atoms with Gasteiger partial charge in [-0.1, -0.05) is 18.2 Å². The number of carbonyl (C=O) groups excluding carboxylic acids is 2. The lowest BCUT2D eigenvalue weighted by Crippen LogP contribution is -2.29. The van der Waals surface area contributed by atoms with Crippen LogP contribution in [0.25, 0.3) is 0 Å². The third-order valence-electron chi connectivity index (χ3n) is 2.81. The van der Waals surface area contributed by atoms with E-state index in [1.807, 2.05) is 24.3 Å². The highest BCUT2D eigenvalue weighted by Crippen LogP contribution is 2.24. The lowest BCUT2D eigenvalue weighted by Gasteiger charge is -2.18. The summed E-state index contributed by atoms with van der Waals surface area (Å²) in [4.78, 5) is 29.0. The Morgan fingerprint density at radius 3 is 2.76 bits per heavy atom. The average Bonchev–Trinajstić information content (AvgIpc) is 2.68. The van der Waals surface area contributed by atoms with Crippen molar-refractivity contribution in [3.63, 3.8) is 0 Å². The van der Waals surface area contributed by atoms with Gasteiger partial charge in [0, 0.05) is 20.1 Å². The first-order chi connectivity index (χ1) is 8.24. The van der Waals surface area contributed by atoms with Gasteiger partial charge in [-0.2, -0.15) is 0 Å². The van der Waals surface area contributed by atoms with Crippen LogP contribution in [0.1, 0.15) is 5.56 Å². The van der Waals surface area contributed by atoms with Gasteiger partial charge in [0.25, 0.3) is 0 Å². The molecule has 0 unspecified atom stereocenters. The topological polar surface area (TPSA) is 53.0 Å². The number of rotatable bonds is 3. The summed E-state index contributed by atoms with van der Waals surface area (Å²) < 4.78 is 0. The number of amides is 2. The molecule has 1 aromatic rings. The van der Waals surface area contributed by atoms with E-state index in [2.05, 4.69) is 4.99 Å². The van der Waals surface area contributed by atoms with Gasteiger partial charge >= 0.3 is 6.03 Å². The molecule has 0 bridgehead atoms. The van der Waals surface area contributed by atoms with Crippen molar-refractivity contribution in [3.8, 4) is 0 Å². The van der Waals surface area contributed by atoms with Gasteiger partial charge in [0.05, 0.1) is 12.2 Å². The lowest BCUT2D eigenvalue weighted by atomic mass is 10.1. The molecular formula is C12H13N3O2. The summed E-state index contributed by atoms with van der Waals surface area (Å²) in [5.41, 5.74) is 1.68. The fourth-order valence-corrected chi connectivity index (χ4v) is 1.90. The molecule has 1 saturated heterocycles. The van der Waals surface area contributed by atoms with Crippen molar-refractivity contribution in [2.24, 2.45) is 4.99 Å². The van der Waals surface area contributed by atoms with Gasteiger partial charge in [0.15, 0.2) is 0 Å². The minimum Gasteiger partial charge on any atom is -0.326 e. The summed E-state index contributed by atoms with van der Waals surface area (Å²) in [6.07, 6.45) is 1.52. The Labute approximate surface area is 99.4 Å². The Bertz CT molecular complexity index is 480. The number of para-hydroxylation sites is 1. The minimum absolute atomic E-state index is 0.0208. The Hall–Kier alpha value is -2.13. The van der Waals surface area contributed by atoms with E-state index in [0.717, 1.165) is 11.3 Å². The number of isocyanates is 1. The van der Waals surface area contributed by atoms with Crippen molar-refractivity contribution in [1.29, 1.82) is 0 Å². The number of nitrogens with zero attached hydrogens (tertiary/aromatic N) is 3. The molecule has 1 fully saturated rings. The monoisotopic (exact) mass is 231 g/mol. The standard InChI is InChI=1S/C12H13N3O2/c1-14-6-7-15(12(14)17)11-5-3-2-4-10(11)8-13-9-16/h2-5H,6-8H2,1H3. The highest BCUT2D eigenvalue weighted by molar-refractivity contribution is 5.94. The predicted molar refractivity (Wildman–Crippen MR) is 63.6 cm³/mol. The van der Waals surface area contributed by atoms with E-state index in [4.69, 9.17) is 0 Å². The first kappa shape index (κ1) is 11.4. The molecule has 1 aromatic carbocycles. The largest absolute Gasteiger partial charge is 0.326 e. The van der Waals surface area contributed by atoms with Gasteiger partial charge in [-0.15, -0.1) is 0 Å². The van der Waals surface area contributed by atoms with E-state index in [0.29, 0.717) is 13.1 Å². The van der Waals surface area contributed by atoms with Crippen LogP contribution in [-0.2, 0) is 11.3 Å². The molecule has 1 heterocycles. The first-order valence-corrected chi connectivity index (χ1v) is 5.38. The minimum atomic E-state index is -0.0208. The molecule has 0 atom stereocenters. The lowest BCUT2D eigenvalue weighted by molar-refractivity contribution is 0.229. The van der Waals surface area contributed by atoms with Gasteiger partial charge in [-0.25, -0.2) is 14.6 Å². The molecule has 0 aromatic heterocycles. The molecule has 2 amide bonds. The maximum atomic E-state index is 11.9. The van der Waals surface area contributed by atoms with Crippen molar-refractivity contribution in [2.45, 2.75) is 6.54 Å². The Morgan fingerprint density at radius 2 is 2.12 bits per heavy atom. The first-order valence-electron chi connectivity index (χ1n) is 5.38. The predicted octanol–water partition coefficient (Wildman–Crippen LogP) is 1.39. The highest BCUT2D eigenvalue weighted by Gasteiger charge is 2.27. The van der Waals surface area contributed by atoms with Crippen LogP contribution in [0.4, 0.5) is 10.5 Å². The van der Waals surface area contributed by atoms with E-state index in [-0.39, 0.29) is 12.6 Å². The molecule has 2 rings (SSSR count). The maximum absolute atomic E-state index is 11.9. The number of likely N-dealkylation sites (N-methyl/N-ethyl adjacent to an activating group) is 1. The van der Waals surface area contributed by atoms with E-state index < -0.39 is 0 Å². The van der Waals surface area contributed by atoms with Crippen LogP contribution in [0, 0.1) is 0 Å². The summed E-state index contributed by atoms with van der Waals surface area (Å²) in [5, 5.41) is 0. The molecule has 88 valence electrons. The van der Waals surface area contributed by atoms with Crippen LogP contribution in [0.5, 0.6) is 0 Å². The SMILES string of the molecule is CN1CCN(c2ccccc2CN=C=O)C1=O. The fraction of sp³-hybridized carbons (Fsp3) is 0.333. The summed E-state index contributed by atoms with van der Waals surface area (Å²) in [5.74, 6) is 0. The number of benzene rings is 1. The summed E-state index contributed by atoms with van der Waals surface area (Å²) in [6.45, 7) is 1.63. The number of carbonyl (C=O) groups is 1. The number of hydrogen-bond acceptors (Lipinski definition) is 3. The molecule has 17 heavy (non-hydrogen) atoms. The Balaban J connectivity index is 2.31. The zero-order valence-electron chi connectivity index (χ0n) is 9.59. The molecule has 0 aliphatic carbocycles. The number of urea groups is 1. The number of anilines is 1. The van der Waals surface area contributed by atoms with Crippen LogP contribution < -0.4 is 4.90 Å². The third-order valence-corrected chi connectivity index (χ3v) is 2.81. The Morgan fingerprint density at radius 1 is 1.35 bits per heavy atom. The second-order valence-corrected chi connectivity index (χ2v) is 3.89. The van der Waals surface area contributed by atoms with E-state index in [9.17, 15) is 9.59 Å². The van der Waals surface area contributed by atoms with Crippen molar-refractivity contribution in [2.75, 3.05) is 25.0 Å². The molecule has 0 radical (unpaired) electrons. The molecule has 0 saturated carbocycles. The smallest absolute Gasteiger partial charge is 0.324 e. The van der Waals surface area contributed by atoms with Crippen LogP contribution >= 0.6 is 0 Å². The maximum Gasteiger partial charge on any atom is 0.324 e. The van der Waals surface area contributed by atoms with Gasteiger partial charge < -0.3 is 4.90 Å². The van der Waals surface area contributed by atoms with Crippen LogP contribution in [0.2, 0.25) is 0 Å². The number of hydrogen-bond donors (Lipinski definition) is 0. The van der Waals surface area contributed by atoms with Crippen molar-refractivity contribution in [1.82, 2.24) is 4.90 Å². The van der Waals surface area contributed by atoms with Gasteiger partial charge in [-0.05, 0) is 11.6 Å². The van der Waals surface area contributed by atoms with E-state index in [1.54, 1.807) is 16.8 Å². The summed E-state index contributed by atoms with van der Waals surface area (Å²) in [7, 11) is 1.77. The molecule has 5 nitrogen and oxygen atoms in total. The zero-order chi connectivity index (χ0) is 12.3. The number of aliphatic imine (C=N–C) groups is 1. The zero-order valence-corrected chi connectivity index (χ0v) is 9.59. The van der Waals surface area contributed by atoms with Crippen LogP contribution in [0.15, 0.2) is 29.3 Å². The van der Waals surface area contributed by atoms with E-state index >= 15 is 0 Å². The van der Waals surface area contributed by atoms with Gasteiger partial charge in [-0.3, -0.25) is 4.90 Å². The van der Waals surface area contributed by atoms with E-state index in [1.165, 1.54) is 6.08 Å². The molecule has 1 aliphatic rings. The van der Waals surface area contributed by atoms with Gasteiger partial charge in [0.1, 0.15) is 0 Å². The van der Waals surface area contributed by atoms with Crippen molar-refractivity contribution < 1.29 is 9.59 Å². The molecule has 0 N–H and O–H groups in total. The highest BCUT2D eigenvalue weighted by atomic mass is 16.2. The van der Waals surface area contributed by atoms with Crippen molar-refractivity contribution >= 4 is 17.8 Å². The fourth-order valence-electron chi connectivity index (χ4n) is 1.90. The summed E-state index contributed by atoms with van der Waals surface area (Å²) in [6, 6.07) is 7.44. The molecule has 5 heteroatoms. The Kier molecular flexibility index (Phi) is 3.21. The normalized spacial score (nSPS) is 15.0. The second kappa shape index (κ2) is 4.80.